The summed E-state index contributed by atoms with van der Waals surface area (Å²) in [6, 6.07) is 15.2. The van der Waals surface area contributed by atoms with E-state index < -0.39 is 10.0 Å². The summed E-state index contributed by atoms with van der Waals surface area (Å²) in [4.78, 5) is 13.8. The van der Waals surface area contributed by atoms with Gasteiger partial charge in [0.2, 0.25) is 10.0 Å². The molecule has 1 heterocycles. The number of nitrogens with zero attached hydrogens (tertiary/aromatic N) is 1. The minimum atomic E-state index is -3.50. The topological polar surface area (TPSA) is 70.9 Å². The smallest absolute Gasteiger partial charge is 0.255 e. The molecule has 1 aliphatic heterocycles. The highest BCUT2D eigenvalue weighted by atomic mass is 32.2. The van der Waals surface area contributed by atoms with Crippen LogP contribution in [0.25, 0.3) is 0 Å². The lowest BCUT2D eigenvalue weighted by Crippen LogP contribution is -3.12. The molecule has 0 atom stereocenters. The first-order valence-corrected chi connectivity index (χ1v) is 9.69. The van der Waals surface area contributed by atoms with E-state index in [0.717, 1.165) is 13.1 Å². The number of amides is 1. The van der Waals surface area contributed by atoms with Gasteiger partial charge < -0.3 is 10.2 Å². The molecule has 1 amide bonds. The quantitative estimate of drug-likeness (QED) is 0.832. The lowest BCUT2D eigenvalue weighted by Gasteiger charge is -2.29. The van der Waals surface area contributed by atoms with Gasteiger partial charge in [-0.2, -0.15) is 4.31 Å². The average Bonchev–Trinajstić information content (AvgIpc) is 2.63. The Balaban J connectivity index is 1.72. The number of rotatable bonds is 4. The van der Waals surface area contributed by atoms with Gasteiger partial charge in [0, 0.05) is 11.3 Å². The lowest BCUT2D eigenvalue weighted by molar-refractivity contribution is -0.883. The van der Waals surface area contributed by atoms with Crippen LogP contribution in [-0.4, -0.2) is 51.9 Å². The van der Waals surface area contributed by atoms with Crippen molar-refractivity contribution in [3.63, 3.8) is 0 Å². The lowest BCUT2D eigenvalue weighted by atomic mass is 10.2. The summed E-state index contributed by atoms with van der Waals surface area (Å²) >= 11 is 0. The van der Waals surface area contributed by atoms with Crippen molar-refractivity contribution in [2.75, 3.05) is 38.5 Å². The largest absolute Gasteiger partial charge is 0.335 e. The second-order valence-corrected chi connectivity index (χ2v) is 8.14. The second-order valence-electron chi connectivity index (χ2n) is 6.21. The Morgan fingerprint density at radius 3 is 2.20 bits per heavy atom. The maximum atomic E-state index is 12.7. The van der Waals surface area contributed by atoms with Crippen molar-refractivity contribution in [1.82, 2.24) is 4.31 Å². The number of para-hydroxylation sites is 1. The van der Waals surface area contributed by atoms with Crippen molar-refractivity contribution in [1.29, 1.82) is 0 Å². The van der Waals surface area contributed by atoms with Gasteiger partial charge in [0.05, 0.1) is 38.1 Å². The van der Waals surface area contributed by atoms with Gasteiger partial charge in [-0.1, -0.05) is 18.2 Å². The molecule has 2 N–H and O–H groups in total. The molecule has 1 aliphatic rings. The Morgan fingerprint density at radius 2 is 1.60 bits per heavy atom. The van der Waals surface area contributed by atoms with Crippen LogP contribution in [0.3, 0.4) is 0 Å². The zero-order valence-corrected chi connectivity index (χ0v) is 14.9. The van der Waals surface area contributed by atoms with Gasteiger partial charge in [-0.3, -0.25) is 4.79 Å². The molecule has 3 rings (SSSR count). The fourth-order valence-corrected chi connectivity index (χ4v) is 4.20. The van der Waals surface area contributed by atoms with E-state index in [1.165, 1.54) is 21.3 Å². The van der Waals surface area contributed by atoms with E-state index in [-0.39, 0.29) is 10.8 Å². The number of benzene rings is 2. The molecule has 2 aromatic carbocycles. The van der Waals surface area contributed by atoms with Crippen molar-refractivity contribution >= 4 is 21.6 Å². The minimum Gasteiger partial charge on any atom is -0.335 e. The molecule has 0 radical (unpaired) electrons. The molecule has 0 aliphatic carbocycles. The van der Waals surface area contributed by atoms with Crippen molar-refractivity contribution in [3.05, 3.63) is 60.2 Å². The van der Waals surface area contributed by atoms with Gasteiger partial charge in [-0.15, -0.1) is 0 Å². The number of carbonyl (C=O) groups is 1. The Bertz CT molecular complexity index is 828. The number of hydrogen-bond acceptors (Lipinski definition) is 3. The molecule has 0 bridgehead atoms. The summed E-state index contributed by atoms with van der Waals surface area (Å²) < 4.78 is 26.9. The maximum Gasteiger partial charge on any atom is 0.255 e. The van der Waals surface area contributed by atoms with Crippen LogP contribution < -0.4 is 10.2 Å². The molecule has 0 saturated carbocycles. The molecule has 0 aromatic heterocycles. The SMILES string of the molecule is C[NH+]1CCN(S(=O)(=O)c2ccc(C(=O)Nc3ccccc3)cc2)CC1. The molecule has 1 fully saturated rings. The minimum absolute atomic E-state index is 0.225. The normalized spacial score (nSPS) is 16.5. The summed E-state index contributed by atoms with van der Waals surface area (Å²) in [7, 11) is -1.44. The third-order valence-corrected chi connectivity index (χ3v) is 6.27. The standard InChI is InChI=1S/C18H21N3O3S/c1-20-11-13-21(14-12-20)25(23,24)17-9-7-15(8-10-17)18(22)19-16-5-3-2-4-6-16/h2-10H,11-14H2,1H3,(H,19,22)/p+1. The maximum absolute atomic E-state index is 12.7. The number of anilines is 1. The van der Waals surface area contributed by atoms with Crippen LogP contribution in [0.4, 0.5) is 5.69 Å². The van der Waals surface area contributed by atoms with E-state index >= 15 is 0 Å². The molecule has 0 spiro atoms. The summed E-state index contributed by atoms with van der Waals surface area (Å²) in [5, 5.41) is 2.78. The van der Waals surface area contributed by atoms with E-state index in [1.54, 1.807) is 24.3 Å². The van der Waals surface area contributed by atoms with Crippen molar-refractivity contribution < 1.29 is 18.1 Å². The van der Waals surface area contributed by atoms with E-state index in [9.17, 15) is 13.2 Å². The predicted molar refractivity (Wildman–Crippen MR) is 96.2 cm³/mol. The molecular weight excluding hydrogens is 338 g/mol. The number of piperazine rings is 1. The Morgan fingerprint density at radius 1 is 1.00 bits per heavy atom. The highest BCUT2D eigenvalue weighted by Crippen LogP contribution is 2.17. The number of likely N-dealkylation sites (N-methyl/N-ethyl adjacent to an activating group) is 1. The van der Waals surface area contributed by atoms with E-state index in [0.29, 0.717) is 24.3 Å². The third kappa shape index (κ3) is 4.07. The highest BCUT2D eigenvalue weighted by Gasteiger charge is 2.29. The number of quaternary nitrogens is 1. The number of nitrogens with one attached hydrogen (secondary N) is 2. The van der Waals surface area contributed by atoms with Crippen LogP contribution >= 0.6 is 0 Å². The third-order valence-electron chi connectivity index (χ3n) is 4.36. The zero-order valence-electron chi connectivity index (χ0n) is 14.1. The van der Waals surface area contributed by atoms with Crippen LogP contribution in [0.2, 0.25) is 0 Å². The van der Waals surface area contributed by atoms with Crippen LogP contribution in [0, 0.1) is 0 Å². The van der Waals surface area contributed by atoms with Gasteiger partial charge in [-0.25, -0.2) is 8.42 Å². The second kappa shape index (κ2) is 7.35. The Kier molecular flexibility index (Phi) is 5.17. The van der Waals surface area contributed by atoms with E-state index in [2.05, 4.69) is 12.4 Å². The molecular formula is C18H22N3O3S+. The molecule has 6 nitrogen and oxygen atoms in total. The van der Waals surface area contributed by atoms with E-state index in [4.69, 9.17) is 0 Å². The summed E-state index contributed by atoms with van der Waals surface area (Å²) in [5.41, 5.74) is 1.12. The first-order chi connectivity index (χ1) is 12.0. The Labute approximate surface area is 148 Å². The van der Waals surface area contributed by atoms with Gasteiger partial charge in [0.1, 0.15) is 0 Å². The van der Waals surface area contributed by atoms with Crippen molar-refractivity contribution in [2.45, 2.75) is 4.90 Å². The first kappa shape index (κ1) is 17.6. The molecule has 132 valence electrons. The monoisotopic (exact) mass is 360 g/mol. The fraction of sp³-hybridized carbons (Fsp3) is 0.278. The first-order valence-electron chi connectivity index (χ1n) is 8.25. The van der Waals surface area contributed by atoms with Gasteiger partial charge in [0.15, 0.2) is 0 Å². The molecule has 2 aromatic rings. The predicted octanol–water partition coefficient (Wildman–Crippen LogP) is 0.458. The highest BCUT2D eigenvalue weighted by molar-refractivity contribution is 7.89. The summed E-state index contributed by atoms with van der Waals surface area (Å²) in [6.45, 7) is 2.64. The fourth-order valence-electron chi connectivity index (χ4n) is 2.76. The Hall–Kier alpha value is -2.22. The number of hydrogen-bond donors (Lipinski definition) is 2. The average molecular weight is 360 g/mol. The van der Waals surface area contributed by atoms with Crippen LogP contribution in [0.15, 0.2) is 59.5 Å². The van der Waals surface area contributed by atoms with Gasteiger partial charge in [0.25, 0.3) is 5.91 Å². The summed E-state index contributed by atoms with van der Waals surface area (Å²) in [6.07, 6.45) is 0. The van der Waals surface area contributed by atoms with Gasteiger partial charge in [-0.05, 0) is 36.4 Å². The number of sulfonamides is 1. The van der Waals surface area contributed by atoms with Crippen LogP contribution in [0.5, 0.6) is 0 Å². The van der Waals surface area contributed by atoms with E-state index in [1.807, 2.05) is 18.2 Å². The van der Waals surface area contributed by atoms with Crippen LogP contribution in [-0.2, 0) is 10.0 Å². The molecule has 1 saturated heterocycles. The molecule has 7 heteroatoms. The van der Waals surface area contributed by atoms with Crippen LogP contribution in [0.1, 0.15) is 10.4 Å². The van der Waals surface area contributed by atoms with Crippen molar-refractivity contribution in [2.24, 2.45) is 0 Å². The van der Waals surface area contributed by atoms with Crippen molar-refractivity contribution in [3.8, 4) is 0 Å². The van der Waals surface area contributed by atoms with Gasteiger partial charge >= 0.3 is 0 Å². The molecule has 0 unspecified atom stereocenters. The zero-order chi connectivity index (χ0) is 17.9. The summed E-state index contributed by atoms with van der Waals surface area (Å²) in [5.74, 6) is -0.265. The molecule has 25 heavy (non-hydrogen) atoms. The number of carbonyl (C=O) groups excluding carboxylic acids is 1.